The van der Waals surface area contributed by atoms with E-state index in [2.05, 4.69) is 0 Å². The van der Waals surface area contributed by atoms with E-state index in [4.69, 9.17) is 17.3 Å². The van der Waals surface area contributed by atoms with Gasteiger partial charge in [-0.3, -0.25) is 0 Å². The van der Waals surface area contributed by atoms with E-state index in [0.29, 0.717) is 10.6 Å². The largest absolute Gasteiger partial charge is 0.320 e. The van der Waals surface area contributed by atoms with Gasteiger partial charge in [0.15, 0.2) is 11.6 Å². The second kappa shape index (κ2) is 5.04. The Balaban J connectivity index is 2.41. The molecule has 0 heterocycles. The maximum Gasteiger partial charge on any atom is 0.159 e. The van der Waals surface area contributed by atoms with Gasteiger partial charge in [-0.05, 0) is 47.9 Å². The standard InChI is InChI=1S/C14H12ClF2N/c1-8-6-10(15)3-4-11(8)14(18)9-2-5-12(16)13(17)7-9/h2-7,14H,18H2,1H3. The minimum absolute atomic E-state index is 0.502. The van der Waals surface area contributed by atoms with E-state index < -0.39 is 17.7 Å². The lowest BCUT2D eigenvalue weighted by Gasteiger charge is -2.15. The van der Waals surface area contributed by atoms with Crippen molar-refractivity contribution in [2.45, 2.75) is 13.0 Å². The first-order valence-corrected chi connectivity index (χ1v) is 5.83. The summed E-state index contributed by atoms with van der Waals surface area (Å²) >= 11 is 5.86. The Hall–Kier alpha value is -1.45. The van der Waals surface area contributed by atoms with Crippen molar-refractivity contribution in [2.24, 2.45) is 5.73 Å². The molecule has 0 spiro atoms. The van der Waals surface area contributed by atoms with Crippen LogP contribution in [-0.2, 0) is 0 Å². The molecule has 2 aromatic rings. The maximum absolute atomic E-state index is 13.2. The van der Waals surface area contributed by atoms with Gasteiger partial charge in [-0.2, -0.15) is 0 Å². The fourth-order valence-corrected chi connectivity index (χ4v) is 2.10. The summed E-state index contributed by atoms with van der Waals surface area (Å²) in [5.41, 5.74) is 8.34. The lowest BCUT2D eigenvalue weighted by molar-refractivity contribution is 0.506. The third kappa shape index (κ3) is 2.52. The number of rotatable bonds is 2. The highest BCUT2D eigenvalue weighted by Crippen LogP contribution is 2.25. The minimum Gasteiger partial charge on any atom is -0.320 e. The van der Waals surface area contributed by atoms with Gasteiger partial charge >= 0.3 is 0 Å². The molecule has 0 amide bonds. The van der Waals surface area contributed by atoms with Crippen LogP contribution in [0, 0.1) is 18.6 Å². The minimum atomic E-state index is -0.894. The summed E-state index contributed by atoms with van der Waals surface area (Å²) in [6, 6.07) is 8.49. The second-order valence-corrected chi connectivity index (χ2v) is 4.59. The first-order valence-electron chi connectivity index (χ1n) is 5.45. The molecule has 0 saturated carbocycles. The molecular formula is C14H12ClF2N. The zero-order valence-electron chi connectivity index (χ0n) is 9.75. The molecule has 0 aliphatic heterocycles. The molecule has 2 rings (SSSR count). The first-order chi connectivity index (χ1) is 8.49. The fourth-order valence-electron chi connectivity index (χ4n) is 1.87. The van der Waals surface area contributed by atoms with Gasteiger partial charge in [0.1, 0.15) is 0 Å². The molecule has 1 unspecified atom stereocenters. The molecule has 0 saturated heterocycles. The van der Waals surface area contributed by atoms with Crippen molar-refractivity contribution < 1.29 is 8.78 Å². The van der Waals surface area contributed by atoms with Crippen molar-refractivity contribution in [1.82, 2.24) is 0 Å². The molecule has 1 nitrogen and oxygen atoms in total. The molecule has 0 aliphatic rings. The van der Waals surface area contributed by atoms with Crippen LogP contribution in [0.4, 0.5) is 8.78 Å². The molecule has 2 aromatic carbocycles. The SMILES string of the molecule is Cc1cc(Cl)ccc1C(N)c1ccc(F)c(F)c1. The molecule has 94 valence electrons. The van der Waals surface area contributed by atoms with Gasteiger partial charge in [-0.15, -0.1) is 0 Å². The summed E-state index contributed by atoms with van der Waals surface area (Å²) in [5, 5.41) is 0.619. The summed E-state index contributed by atoms with van der Waals surface area (Å²) in [4.78, 5) is 0. The highest BCUT2D eigenvalue weighted by atomic mass is 35.5. The second-order valence-electron chi connectivity index (χ2n) is 4.15. The zero-order chi connectivity index (χ0) is 13.3. The van der Waals surface area contributed by atoms with Gasteiger partial charge in [-0.1, -0.05) is 23.7 Å². The summed E-state index contributed by atoms with van der Waals surface area (Å²) in [6.45, 7) is 1.88. The maximum atomic E-state index is 13.2. The number of halogens is 3. The van der Waals surface area contributed by atoms with Crippen LogP contribution in [0.15, 0.2) is 36.4 Å². The fraction of sp³-hybridized carbons (Fsp3) is 0.143. The Bertz CT molecular complexity index is 584. The van der Waals surface area contributed by atoms with Crippen LogP contribution < -0.4 is 5.73 Å². The Kier molecular flexibility index (Phi) is 3.64. The van der Waals surface area contributed by atoms with Crippen LogP contribution in [-0.4, -0.2) is 0 Å². The van der Waals surface area contributed by atoms with E-state index in [1.807, 2.05) is 6.92 Å². The third-order valence-electron chi connectivity index (χ3n) is 2.87. The Morgan fingerprint density at radius 2 is 1.78 bits per heavy atom. The normalized spacial score (nSPS) is 12.5. The van der Waals surface area contributed by atoms with Crippen molar-refractivity contribution in [3.05, 3.63) is 69.7 Å². The average Bonchev–Trinajstić information content (AvgIpc) is 2.32. The van der Waals surface area contributed by atoms with E-state index in [9.17, 15) is 8.78 Å². The zero-order valence-corrected chi connectivity index (χ0v) is 10.5. The lowest BCUT2D eigenvalue weighted by atomic mass is 9.96. The summed E-state index contributed by atoms with van der Waals surface area (Å²) < 4.78 is 26.0. The molecular weight excluding hydrogens is 256 g/mol. The Morgan fingerprint density at radius 3 is 2.39 bits per heavy atom. The van der Waals surface area contributed by atoms with Gasteiger partial charge in [0.05, 0.1) is 6.04 Å². The number of aryl methyl sites for hydroxylation is 1. The Morgan fingerprint density at radius 1 is 1.06 bits per heavy atom. The van der Waals surface area contributed by atoms with E-state index in [0.717, 1.165) is 23.3 Å². The highest BCUT2D eigenvalue weighted by molar-refractivity contribution is 6.30. The topological polar surface area (TPSA) is 26.0 Å². The predicted octanol–water partition coefficient (Wildman–Crippen LogP) is 3.97. The van der Waals surface area contributed by atoms with Crippen LogP contribution in [0.2, 0.25) is 5.02 Å². The molecule has 4 heteroatoms. The van der Waals surface area contributed by atoms with Crippen molar-refractivity contribution in [3.63, 3.8) is 0 Å². The van der Waals surface area contributed by atoms with Gasteiger partial charge in [0.25, 0.3) is 0 Å². The van der Waals surface area contributed by atoms with E-state index in [-0.39, 0.29) is 0 Å². The van der Waals surface area contributed by atoms with Gasteiger partial charge in [0, 0.05) is 5.02 Å². The smallest absolute Gasteiger partial charge is 0.159 e. The molecule has 2 N–H and O–H groups in total. The van der Waals surface area contributed by atoms with E-state index in [1.54, 1.807) is 18.2 Å². The monoisotopic (exact) mass is 267 g/mol. The molecule has 0 aliphatic carbocycles. The van der Waals surface area contributed by atoms with Crippen molar-refractivity contribution in [3.8, 4) is 0 Å². The molecule has 18 heavy (non-hydrogen) atoms. The molecule has 0 bridgehead atoms. The van der Waals surface area contributed by atoms with Crippen LogP contribution in [0.3, 0.4) is 0 Å². The summed E-state index contributed by atoms with van der Waals surface area (Å²) in [7, 11) is 0. The average molecular weight is 268 g/mol. The van der Waals surface area contributed by atoms with Crippen molar-refractivity contribution in [1.29, 1.82) is 0 Å². The highest BCUT2D eigenvalue weighted by Gasteiger charge is 2.13. The van der Waals surface area contributed by atoms with Crippen LogP contribution in [0.1, 0.15) is 22.7 Å². The van der Waals surface area contributed by atoms with Crippen LogP contribution in [0.5, 0.6) is 0 Å². The number of hydrogen-bond donors (Lipinski definition) is 1. The number of nitrogens with two attached hydrogens (primary N) is 1. The Labute approximate surface area is 109 Å². The number of benzene rings is 2. The first kappa shape index (κ1) is 13.0. The molecule has 0 aromatic heterocycles. The van der Waals surface area contributed by atoms with Gasteiger partial charge in [-0.25, -0.2) is 8.78 Å². The van der Waals surface area contributed by atoms with Crippen LogP contribution in [0.25, 0.3) is 0 Å². The quantitative estimate of drug-likeness (QED) is 0.875. The lowest BCUT2D eigenvalue weighted by Crippen LogP contribution is -2.13. The van der Waals surface area contributed by atoms with Crippen molar-refractivity contribution in [2.75, 3.05) is 0 Å². The predicted molar refractivity (Wildman–Crippen MR) is 68.6 cm³/mol. The van der Waals surface area contributed by atoms with E-state index in [1.165, 1.54) is 6.07 Å². The van der Waals surface area contributed by atoms with Gasteiger partial charge < -0.3 is 5.73 Å². The molecule has 0 fully saturated rings. The number of hydrogen-bond acceptors (Lipinski definition) is 1. The van der Waals surface area contributed by atoms with Crippen molar-refractivity contribution >= 4 is 11.6 Å². The van der Waals surface area contributed by atoms with E-state index >= 15 is 0 Å². The molecule has 1 atom stereocenters. The summed E-state index contributed by atoms with van der Waals surface area (Å²) in [6.07, 6.45) is 0. The molecule has 0 radical (unpaired) electrons. The summed E-state index contributed by atoms with van der Waals surface area (Å²) in [5.74, 6) is -1.77. The van der Waals surface area contributed by atoms with Gasteiger partial charge in [0.2, 0.25) is 0 Å². The van der Waals surface area contributed by atoms with Crippen LogP contribution >= 0.6 is 11.6 Å². The third-order valence-corrected chi connectivity index (χ3v) is 3.10.